The van der Waals surface area contributed by atoms with E-state index < -0.39 is 0 Å². The third-order valence-corrected chi connectivity index (χ3v) is 4.49. The summed E-state index contributed by atoms with van der Waals surface area (Å²) in [6.45, 7) is 5.39. The molecule has 1 aromatic rings. The minimum Gasteiger partial charge on any atom is -0.317 e. The zero-order valence-electron chi connectivity index (χ0n) is 13.2. The fourth-order valence-corrected chi connectivity index (χ4v) is 3.16. The van der Waals surface area contributed by atoms with Crippen molar-refractivity contribution in [2.45, 2.75) is 58.0 Å². The minimum atomic E-state index is 0.803. The van der Waals surface area contributed by atoms with E-state index >= 15 is 0 Å². The van der Waals surface area contributed by atoms with Crippen LogP contribution in [0.15, 0.2) is 24.3 Å². The fraction of sp³-hybridized carbons (Fsp3) is 0.667. The molecule has 0 aliphatic heterocycles. The van der Waals surface area contributed by atoms with Gasteiger partial charge >= 0.3 is 0 Å². The molecule has 20 heavy (non-hydrogen) atoms. The molecular formula is C18H30N2. The van der Waals surface area contributed by atoms with Crippen LogP contribution in [-0.4, -0.2) is 31.1 Å². The zero-order valence-corrected chi connectivity index (χ0v) is 13.2. The van der Waals surface area contributed by atoms with Crippen molar-refractivity contribution in [3.8, 4) is 0 Å². The zero-order chi connectivity index (χ0) is 14.2. The van der Waals surface area contributed by atoms with Crippen LogP contribution in [0.25, 0.3) is 0 Å². The first-order valence-corrected chi connectivity index (χ1v) is 8.28. The van der Waals surface area contributed by atoms with E-state index in [-0.39, 0.29) is 0 Å². The lowest BCUT2D eigenvalue weighted by molar-refractivity contribution is 0.184. The van der Waals surface area contributed by atoms with E-state index in [0.29, 0.717) is 0 Å². The van der Waals surface area contributed by atoms with Gasteiger partial charge in [-0.3, -0.25) is 4.90 Å². The molecule has 1 saturated carbocycles. The summed E-state index contributed by atoms with van der Waals surface area (Å²) < 4.78 is 0. The van der Waals surface area contributed by atoms with Crippen molar-refractivity contribution in [1.82, 2.24) is 10.2 Å². The summed E-state index contributed by atoms with van der Waals surface area (Å²) in [5.41, 5.74) is 2.89. The summed E-state index contributed by atoms with van der Waals surface area (Å²) in [4.78, 5) is 2.55. The van der Waals surface area contributed by atoms with E-state index in [4.69, 9.17) is 0 Å². The van der Waals surface area contributed by atoms with Gasteiger partial charge in [0.05, 0.1) is 0 Å². The van der Waals surface area contributed by atoms with Gasteiger partial charge in [0.25, 0.3) is 0 Å². The van der Waals surface area contributed by atoms with Gasteiger partial charge in [0.2, 0.25) is 0 Å². The van der Waals surface area contributed by atoms with Crippen molar-refractivity contribution in [3.63, 3.8) is 0 Å². The van der Waals surface area contributed by atoms with Crippen LogP contribution < -0.4 is 5.32 Å². The Morgan fingerprint density at radius 2 is 1.70 bits per heavy atom. The highest BCUT2D eigenvalue weighted by Gasteiger charge is 2.17. The van der Waals surface area contributed by atoms with Crippen LogP contribution in [0.4, 0.5) is 0 Å². The molecule has 0 atom stereocenters. The highest BCUT2D eigenvalue weighted by Crippen LogP contribution is 2.22. The normalized spacial score (nSPS) is 16.8. The Hall–Kier alpha value is -0.860. The molecule has 2 rings (SSSR count). The van der Waals surface area contributed by atoms with Crippen LogP contribution in [0, 0.1) is 0 Å². The highest BCUT2D eigenvalue weighted by atomic mass is 15.1. The molecule has 0 bridgehead atoms. The van der Waals surface area contributed by atoms with Crippen LogP contribution in [0.3, 0.4) is 0 Å². The van der Waals surface area contributed by atoms with Gasteiger partial charge < -0.3 is 5.32 Å². The maximum Gasteiger partial charge on any atom is 0.0233 e. The van der Waals surface area contributed by atoms with Gasteiger partial charge in [0.1, 0.15) is 0 Å². The summed E-state index contributed by atoms with van der Waals surface area (Å²) in [6, 6.07) is 10.0. The maximum atomic E-state index is 3.38. The molecule has 0 unspecified atom stereocenters. The molecule has 1 aliphatic rings. The van der Waals surface area contributed by atoms with E-state index in [0.717, 1.165) is 32.1 Å². The predicted octanol–water partition coefficient (Wildman–Crippen LogP) is 3.60. The lowest BCUT2D eigenvalue weighted by Gasteiger charge is -2.31. The molecule has 0 aromatic heterocycles. The molecule has 1 aliphatic carbocycles. The summed E-state index contributed by atoms with van der Waals surface area (Å²) in [7, 11) is 2.29. The fourth-order valence-electron chi connectivity index (χ4n) is 3.16. The van der Waals surface area contributed by atoms with Crippen molar-refractivity contribution in [2.75, 3.05) is 20.1 Å². The van der Waals surface area contributed by atoms with Gasteiger partial charge in [-0.1, -0.05) is 50.5 Å². The quantitative estimate of drug-likeness (QED) is 0.764. The SMILES string of the molecule is CCNCCc1ccc(CN(C)C2CCCCC2)cc1. The second kappa shape index (κ2) is 8.43. The summed E-state index contributed by atoms with van der Waals surface area (Å²) in [6.07, 6.45) is 8.17. The Bertz CT molecular complexity index is 366. The number of likely N-dealkylation sites (N-methyl/N-ethyl adjacent to an activating group) is 1. The maximum absolute atomic E-state index is 3.38. The third kappa shape index (κ3) is 4.92. The van der Waals surface area contributed by atoms with E-state index in [1.807, 2.05) is 0 Å². The van der Waals surface area contributed by atoms with E-state index in [9.17, 15) is 0 Å². The summed E-state index contributed by atoms with van der Waals surface area (Å²) in [5.74, 6) is 0. The monoisotopic (exact) mass is 274 g/mol. The first-order chi connectivity index (χ1) is 9.79. The lowest BCUT2D eigenvalue weighted by atomic mass is 9.94. The minimum absolute atomic E-state index is 0.803. The Labute approximate surface area is 124 Å². The molecular weight excluding hydrogens is 244 g/mol. The van der Waals surface area contributed by atoms with Crippen LogP contribution in [-0.2, 0) is 13.0 Å². The molecule has 0 amide bonds. The van der Waals surface area contributed by atoms with E-state index in [1.165, 1.54) is 43.2 Å². The lowest BCUT2D eigenvalue weighted by Crippen LogP contribution is -2.32. The molecule has 0 spiro atoms. The highest BCUT2D eigenvalue weighted by molar-refractivity contribution is 5.22. The Balaban J connectivity index is 1.80. The standard InChI is InChI=1S/C18H30N2/c1-3-19-14-13-16-9-11-17(12-10-16)15-20(2)18-7-5-4-6-8-18/h9-12,18-19H,3-8,13-15H2,1-2H3. The summed E-state index contributed by atoms with van der Waals surface area (Å²) in [5, 5.41) is 3.38. The predicted molar refractivity (Wildman–Crippen MR) is 87.0 cm³/mol. The van der Waals surface area contributed by atoms with Crippen molar-refractivity contribution in [2.24, 2.45) is 0 Å². The van der Waals surface area contributed by atoms with Gasteiger partial charge in [0, 0.05) is 12.6 Å². The van der Waals surface area contributed by atoms with E-state index in [1.54, 1.807) is 0 Å². The second-order valence-electron chi connectivity index (χ2n) is 6.13. The largest absolute Gasteiger partial charge is 0.317 e. The first-order valence-electron chi connectivity index (χ1n) is 8.28. The Morgan fingerprint density at radius 3 is 2.35 bits per heavy atom. The molecule has 1 N–H and O–H groups in total. The molecule has 1 fully saturated rings. The topological polar surface area (TPSA) is 15.3 Å². The van der Waals surface area contributed by atoms with Gasteiger partial charge in [0.15, 0.2) is 0 Å². The van der Waals surface area contributed by atoms with Crippen LogP contribution in [0.1, 0.15) is 50.2 Å². The molecule has 0 radical (unpaired) electrons. The Kier molecular flexibility index (Phi) is 6.55. The number of hydrogen-bond acceptors (Lipinski definition) is 2. The van der Waals surface area contributed by atoms with Gasteiger partial charge in [-0.2, -0.15) is 0 Å². The van der Waals surface area contributed by atoms with Gasteiger partial charge in [-0.15, -0.1) is 0 Å². The van der Waals surface area contributed by atoms with Crippen LogP contribution in [0.2, 0.25) is 0 Å². The average Bonchev–Trinajstić information content (AvgIpc) is 2.50. The van der Waals surface area contributed by atoms with Crippen LogP contribution >= 0.6 is 0 Å². The van der Waals surface area contributed by atoms with Crippen molar-refractivity contribution in [3.05, 3.63) is 35.4 Å². The molecule has 0 saturated heterocycles. The number of nitrogens with zero attached hydrogens (tertiary/aromatic N) is 1. The van der Waals surface area contributed by atoms with Crippen molar-refractivity contribution < 1.29 is 0 Å². The third-order valence-electron chi connectivity index (χ3n) is 4.49. The number of nitrogens with one attached hydrogen (secondary N) is 1. The molecule has 0 heterocycles. The number of hydrogen-bond donors (Lipinski definition) is 1. The Morgan fingerprint density at radius 1 is 1.05 bits per heavy atom. The molecule has 2 heteroatoms. The van der Waals surface area contributed by atoms with Gasteiger partial charge in [-0.05, 0) is 50.5 Å². The van der Waals surface area contributed by atoms with E-state index in [2.05, 4.69) is 48.5 Å². The summed E-state index contributed by atoms with van der Waals surface area (Å²) >= 11 is 0. The average molecular weight is 274 g/mol. The molecule has 112 valence electrons. The van der Waals surface area contributed by atoms with Crippen LogP contribution in [0.5, 0.6) is 0 Å². The van der Waals surface area contributed by atoms with Gasteiger partial charge in [-0.25, -0.2) is 0 Å². The molecule has 1 aromatic carbocycles. The van der Waals surface area contributed by atoms with Crippen molar-refractivity contribution in [1.29, 1.82) is 0 Å². The second-order valence-corrected chi connectivity index (χ2v) is 6.13. The van der Waals surface area contributed by atoms with Crippen molar-refractivity contribution >= 4 is 0 Å². The molecule has 2 nitrogen and oxygen atoms in total. The first kappa shape index (κ1) is 15.5. The smallest absolute Gasteiger partial charge is 0.0233 e. The number of rotatable bonds is 7. The number of benzene rings is 1.